The van der Waals surface area contributed by atoms with E-state index in [1.54, 1.807) is 0 Å². The van der Waals surface area contributed by atoms with Gasteiger partial charge >= 0.3 is 11.9 Å². The number of carboxylic acids is 1. The number of hydrogen-bond donors (Lipinski definition) is 4. The van der Waals surface area contributed by atoms with Crippen LogP contribution >= 0.6 is 12.4 Å². The van der Waals surface area contributed by atoms with Crippen LogP contribution in [0.25, 0.3) is 0 Å². The minimum Gasteiger partial charge on any atom is -0.482 e. The highest BCUT2D eigenvalue weighted by Gasteiger charge is 2.46. The number of halogens is 1. The van der Waals surface area contributed by atoms with Crippen LogP contribution in [0.15, 0.2) is 66.7 Å². The summed E-state index contributed by atoms with van der Waals surface area (Å²) < 4.78 is 16.9. The quantitative estimate of drug-likeness (QED) is 0.0262. The molecule has 2 saturated carbocycles. The molecule has 0 heterocycles. The number of benzene rings is 3. The number of esters is 1. The molecular weight excluding hydrogens is 894 g/mol. The monoisotopic (exact) mass is 978 g/mol. The van der Waals surface area contributed by atoms with Gasteiger partial charge in [0.25, 0.3) is 0 Å². The Balaban J connectivity index is 0.000000254. The lowest BCUT2D eigenvalue weighted by atomic mass is 9.73. The lowest BCUT2D eigenvalue weighted by Crippen LogP contribution is -2.29. The van der Waals surface area contributed by atoms with Crippen molar-refractivity contribution in [3.05, 3.63) is 94.5 Å². The van der Waals surface area contributed by atoms with Crippen molar-refractivity contribution in [2.24, 2.45) is 47.2 Å². The van der Waals surface area contributed by atoms with Gasteiger partial charge in [-0.05, 0) is 153 Å². The number of unbranched alkanes of at least 4 members (excludes halogenated alkanes) is 4. The number of carbonyl (C=O) groups is 2. The maximum atomic E-state index is 12.3. The first-order chi connectivity index (χ1) is 32.9. The van der Waals surface area contributed by atoms with Crippen LogP contribution in [0.1, 0.15) is 145 Å². The Morgan fingerprint density at radius 3 is 1.78 bits per heavy atom. The summed E-state index contributed by atoms with van der Waals surface area (Å²) in [5.74, 6) is 3.36. The maximum Gasteiger partial charge on any atom is 0.344 e. The summed E-state index contributed by atoms with van der Waals surface area (Å²) in [6.07, 6.45) is 18.6. The SMILES string of the molecule is CCCCCC(C)CCC1C(O)CC2Cc3c(cccc3OCC(=O)OCc3ccccc3)CC21.CCCCCC(CCC1C(O)CC2Cc3c(cccc3OCC(=O)O)CC21)OOCC(C)N.Cl. The first kappa shape index (κ1) is 56.2. The van der Waals surface area contributed by atoms with Crippen molar-refractivity contribution >= 4 is 24.3 Å². The fourth-order valence-corrected chi connectivity index (χ4v) is 11.8. The number of carbonyl (C=O) groups excluding carboxylic acids is 1. The summed E-state index contributed by atoms with van der Waals surface area (Å²) in [7, 11) is 0. The van der Waals surface area contributed by atoms with Gasteiger partial charge in [-0.15, -0.1) is 12.4 Å². The number of aliphatic hydroxyl groups excluding tert-OH is 2. The average Bonchev–Trinajstić information content (AvgIpc) is 3.81. The van der Waals surface area contributed by atoms with E-state index in [-0.39, 0.29) is 68.5 Å². The molecular formula is C57H84ClNO10. The lowest BCUT2D eigenvalue weighted by Gasteiger charge is -2.32. The summed E-state index contributed by atoms with van der Waals surface area (Å²) in [5, 5.41) is 30.8. The van der Waals surface area contributed by atoms with Crippen molar-refractivity contribution in [2.45, 2.75) is 174 Å². The largest absolute Gasteiger partial charge is 0.482 e. The van der Waals surface area contributed by atoms with Gasteiger partial charge in [0.15, 0.2) is 13.2 Å². The molecule has 3 aromatic rings. The topological polar surface area (TPSA) is 167 Å². The molecule has 0 saturated heterocycles. The van der Waals surface area contributed by atoms with E-state index in [9.17, 15) is 19.8 Å². The van der Waals surface area contributed by atoms with Crippen molar-refractivity contribution in [2.75, 3.05) is 19.8 Å². The van der Waals surface area contributed by atoms with Gasteiger partial charge in [-0.1, -0.05) is 127 Å². The fraction of sp³-hybridized carbons (Fsp3) is 0.649. The third-order valence-corrected chi connectivity index (χ3v) is 15.4. The van der Waals surface area contributed by atoms with Crippen LogP contribution in [0.4, 0.5) is 0 Å². The Labute approximate surface area is 418 Å². The molecule has 384 valence electrons. The molecule has 7 rings (SSSR count). The van der Waals surface area contributed by atoms with Crippen molar-refractivity contribution in [1.29, 1.82) is 0 Å². The van der Waals surface area contributed by atoms with Crippen LogP contribution < -0.4 is 15.2 Å². The molecule has 3 aromatic carbocycles. The second kappa shape index (κ2) is 29.0. The van der Waals surface area contributed by atoms with Crippen LogP contribution in [-0.2, 0) is 56.4 Å². The zero-order valence-corrected chi connectivity index (χ0v) is 42.8. The van der Waals surface area contributed by atoms with E-state index >= 15 is 0 Å². The predicted octanol–water partition coefficient (Wildman–Crippen LogP) is 10.8. The first-order valence-electron chi connectivity index (χ1n) is 26.2. The van der Waals surface area contributed by atoms with Gasteiger partial charge < -0.3 is 35.3 Å². The van der Waals surface area contributed by atoms with Gasteiger partial charge in [0.2, 0.25) is 0 Å². The van der Waals surface area contributed by atoms with Crippen LogP contribution in [0, 0.1) is 41.4 Å². The van der Waals surface area contributed by atoms with Crippen LogP contribution in [0.3, 0.4) is 0 Å². The molecule has 0 bridgehead atoms. The number of carboxylic acid groups (broad SMARTS) is 1. The Bertz CT molecular complexity index is 1980. The normalized spacial score (nSPS) is 24.4. The van der Waals surface area contributed by atoms with E-state index in [1.165, 1.54) is 55.2 Å². The van der Waals surface area contributed by atoms with Crippen LogP contribution in [-0.4, -0.2) is 71.4 Å². The number of ether oxygens (including phenoxy) is 3. The van der Waals surface area contributed by atoms with Crippen molar-refractivity contribution in [3.63, 3.8) is 0 Å². The first-order valence-corrected chi connectivity index (χ1v) is 26.2. The summed E-state index contributed by atoms with van der Waals surface area (Å²) in [4.78, 5) is 34.3. The Kier molecular flexibility index (Phi) is 23.6. The summed E-state index contributed by atoms with van der Waals surface area (Å²) >= 11 is 0. The Hall–Kier alpha value is -3.71. The van der Waals surface area contributed by atoms with Gasteiger partial charge in [-0.2, -0.15) is 0 Å². The number of nitrogens with two attached hydrogens (primary N) is 1. The standard InChI is InChI=1S/C31H42O4.C26H41NO6.ClH/c1-3-4-6-10-22(2)15-16-26-27-17-24-13-9-14-30(28(24)18-25(27)19-29(26)32)34-21-31(33)35-20-23-11-7-5-8-12-23;1-3-4-5-8-20(33-32-15-17(2)27)10-11-21-22-12-18-7-6-9-25(31-16-26(29)30)23(18)13-19(22)14-24(21)28;/h5,7-9,11-14,22,25-27,29,32H,3-4,6,10,15-21H2,1-2H3;6-7,9,17,19-22,24,28H,3-5,8,10-16,27H2,1-2H3,(H,29,30);1H. The highest BCUT2D eigenvalue weighted by atomic mass is 35.5. The second-order valence-corrected chi connectivity index (χ2v) is 20.7. The minimum atomic E-state index is -0.974. The van der Waals surface area contributed by atoms with Gasteiger partial charge in [-0.25, -0.2) is 19.4 Å². The van der Waals surface area contributed by atoms with Gasteiger partial charge in [0.05, 0.1) is 24.9 Å². The summed E-state index contributed by atoms with van der Waals surface area (Å²) in [6, 6.07) is 21.7. The Morgan fingerprint density at radius 2 is 1.23 bits per heavy atom. The zero-order valence-electron chi connectivity index (χ0n) is 41.9. The number of aliphatic hydroxyl groups is 2. The summed E-state index contributed by atoms with van der Waals surface area (Å²) in [5.41, 5.74) is 11.6. The van der Waals surface area contributed by atoms with Crippen LogP contribution in [0.5, 0.6) is 11.5 Å². The molecule has 0 amide bonds. The fourth-order valence-electron chi connectivity index (χ4n) is 11.8. The van der Waals surface area contributed by atoms with E-state index in [4.69, 9.17) is 34.8 Å². The number of fused-ring (bicyclic) bond motifs is 4. The van der Waals surface area contributed by atoms with E-state index in [0.717, 1.165) is 99.8 Å². The molecule has 2 fully saturated rings. The van der Waals surface area contributed by atoms with Crippen molar-refractivity contribution in [3.8, 4) is 11.5 Å². The predicted molar refractivity (Wildman–Crippen MR) is 272 cm³/mol. The molecule has 11 atom stereocenters. The lowest BCUT2D eigenvalue weighted by molar-refractivity contribution is -0.328. The molecule has 0 spiro atoms. The van der Waals surface area contributed by atoms with E-state index in [1.807, 2.05) is 61.5 Å². The van der Waals surface area contributed by atoms with Crippen molar-refractivity contribution in [1.82, 2.24) is 0 Å². The van der Waals surface area contributed by atoms with Gasteiger partial charge in [0, 0.05) is 6.04 Å². The molecule has 11 unspecified atom stereocenters. The minimum absolute atomic E-state index is 0. The molecule has 11 nitrogen and oxygen atoms in total. The number of rotatable bonds is 26. The average molecular weight is 979 g/mol. The molecule has 4 aliphatic rings. The van der Waals surface area contributed by atoms with E-state index in [0.29, 0.717) is 41.9 Å². The molecule has 12 heteroatoms. The number of hydrogen-bond acceptors (Lipinski definition) is 10. The highest BCUT2D eigenvalue weighted by Crippen LogP contribution is 2.50. The molecule has 0 radical (unpaired) electrons. The molecule has 0 aromatic heterocycles. The maximum absolute atomic E-state index is 12.3. The number of aliphatic carboxylic acids is 1. The van der Waals surface area contributed by atoms with Gasteiger partial charge in [0.1, 0.15) is 18.1 Å². The molecule has 5 N–H and O–H groups in total. The van der Waals surface area contributed by atoms with Crippen molar-refractivity contribution < 1.29 is 48.9 Å². The highest BCUT2D eigenvalue weighted by molar-refractivity contribution is 5.85. The van der Waals surface area contributed by atoms with Gasteiger partial charge in [-0.3, -0.25) is 0 Å². The molecule has 0 aliphatic heterocycles. The smallest absolute Gasteiger partial charge is 0.344 e. The molecule has 4 aliphatic carbocycles. The zero-order chi connectivity index (χ0) is 48.4. The molecule has 69 heavy (non-hydrogen) atoms. The summed E-state index contributed by atoms with van der Waals surface area (Å²) in [6.45, 7) is 8.94. The third-order valence-electron chi connectivity index (χ3n) is 15.4. The Morgan fingerprint density at radius 1 is 0.681 bits per heavy atom. The second-order valence-electron chi connectivity index (χ2n) is 20.7. The van der Waals surface area contributed by atoms with E-state index in [2.05, 4.69) is 32.9 Å². The van der Waals surface area contributed by atoms with E-state index < -0.39 is 5.97 Å². The van der Waals surface area contributed by atoms with Crippen LogP contribution in [0.2, 0.25) is 0 Å². The third kappa shape index (κ3) is 17.0.